The molecular weight excluding hydrogens is 242 g/mol. The molecule has 0 spiro atoms. The van der Waals surface area contributed by atoms with E-state index in [4.69, 9.17) is 10.3 Å². The smallest absolute Gasteiger partial charge is 0.259 e. The van der Waals surface area contributed by atoms with Gasteiger partial charge in [0.15, 0.2) is 0 Å². The van der Waals surface area contributed by atoms with Gasteiger partial charge in [-0.05, 0) is 26.7 Å². The number of hydrogen-bond acceptors (Lipinski definition) is 4. The summed E-state index contributed by atoms with van der Waals surface area (Å²) in [6.45, 7) is 4.95. The van der Waals surface area contributed by atoms with E-state index in [2.05, 4.69) is 5.16 Å². The van der Waals surface area contributed by atoms with Crippen LogP contribution in [0.15, 0.2) is 4.52 Å². The second-order valence-electron chi connectivity index (χ2n) is 4.35. The van der Waals surface area contributed by atoms with Crippen LogP contribution in [-0.2, 0) is 0 Å². The minimum absolute atomic E-state index is 0. The van der Waals surface area contributed by atoms with Gasteiger partial charge in [-0.3, -0.25) is 4.79 Å². The maximum atomic E-state index is 12.2. The van der Waals surface area contributed by atoms with E-state index in [0.717, 1.165) is 19.4 Å². The van der Waals surface area contributed by atoms with E-state index >= 15 is 0 Å². The Balaban J connectivity index is 0.00000144. The average Bonchev–Trinajstić information content (AvgIpc) is 2.58. The van der Waals surface area contributed by atoms with Crippen LogP contribution >= 0.6 is 12.4 Å². The van der Waals surface area contributed by atoms with Crippen molar-refractivity contribution in [1.29, 1.82) is 0 Å². The first kappa shape index (κ1) is 14.0. The first-order chi connectivity index (χ1) is 7.59. The molecule has 0 aliphatic carbocycles. The van der Waals surface area contributed by atoms with Gasteiger partial charge in [-0.2, -0.15) is 0 Å². The second-order valence-corrected chi connectivity index (χ2v) is 4.35. The number of aryl methyl sites for hydroxylation is 2. The topological polar surface area (TPSA) is 72.4 Å². The van der Waals surface area contributed by atoms with E-state index in [-0.39, 0.29) is 24.4 Å². The molecule has 1 fully saturated rings. The molecule has 1 aromatic heterocycles. The summed E-state index contributed by atoms with van der Waals surface area (Å²) in [5.74, 6) is 0.577. The van der Waals surface area contributed by atoms with Crippen molar-refractivity contribution in [2.24, 2.45) is 5.73 Å². The minimum atomic E-state index is -0.00796. The summed E-state index contributed by atoms with van der Waals surface area (Å²) in [6.07, 6.45) is 1.96. The summed E-state index contributed by atoms with van der Waals surface area (Å²) in [5.41, 5.74) is 7.11. The number of amides is 1. The first-order valence-electron chi connectivity index (χ1n) is 5.57. The molecule has 5 nitrogen and oxygen atoms in total. The summed E-state index contributed by atoms with van der Waals surface area (Å²) < 4.78 is 5.01. The van der Waals surface area contributed by atoms with Crippen LogP contribution in [0.25, 0.3) is 0 Å². The number of piperidine rings is 1. The fraction of sp³-hybridized carbons (Fsp3) is 0.636. The molecule has 96 valence electrons. The second kappa shape index (κ2) is 5.51. The van der Waals surface area contributed by atoms with E-state index in [9.17, 15) is 4.79 Å². The van der Waals surface area contributed by atoms with Gasteiger partial charge in [0.1, 0.15) is 11.3 Å². The Kier molecular flexibility index (Phi) is 4.54. The van der Waals surface area contributed by atoms with Gasteiger partial charge in [-0.15, -0.1) is 12.4 Å². The van der Waals surface area contributed by atoms with Crippen molar-refractivity contribution in [1.82, 2.24) is 10.1 Å². The van der Waals surface area contributed by atoms with Gasteiger partial charge in [0.2, 0.25) is 0 Å². The fourth-order valence-corrected chi connectivity index (χ4v) is 2.14. The zero-order valence-corrected chi connectivity index (χ0v) is 10.9. The van der Waals surface area contributed by atoms with Crippen molar-refractivity contribution in [3.63, 3.8) is 0 Å². The van der Waals surface area contributed by atoms with E-state index in [0.29, 0.717) is 23.6 Å². The summed E-state index contributed by atoms with van der Waals surface area (Å²) in [4.78, 5) is 14.0. The lowest BCUT2D eigenvalue weighted by Crippen LogP contribution is -2.45. The zero-order valence-electron chi connectivity index (χ0n) is 10.1. The number of carbonyl (C=O) groups is 1. The van der Waals surface area contributed by atoms with Crippen molar-refractivity contribution in [2.75, 3.05) is 13.1 Å². The summed E-state index contributed by atoms with van der Waals surface area (Å²) in [5, 5.41) is 3.80. The highest BCUT2D eigenvalue weighted by atomic mass is 35.5. The molecule has 1 unspecified atom stereocenters. The Hall–Kier alpha value is -1.07. The molecule has 1 aromatic rings. The normalized spacial score (nSPS) is 19.9. The Morgan fingerprint density at radius 3 is 2.76 bits per heavy atom. The maximum absolute atomic E-state index is 12.2. The zero-order chi connectivity index (χ0) is 11.7. The van der Waals surface area contributed by atoms with E-state index in [1.807, 2.05) is 0 Å². The van der Waals surface area contributed by atoms with Gasteiger partial charge < -0.3 is 15.2 Å². The number of nitrogens with zero attached hydrogens (tertiary/aromatic N) is 2. The van der Waals surface area contributed by atoms with Gasteiger partial charge >= 0.3 is 0 Å². The fourth-order valence-electron chi connectivity index (χ4n) is 2.14. The molecular formula is C11H18ClN3O2. The monoisotopic (exact) mass is 259 g/mol. The predicted octanol–water partition coefficient (Wildman–Crippen LogP) is 1.28. The van der Waals surface area contributed by atoms with Gasteiger partial charge in [0.25, 0.3) is 5.91 Å². The summed E-state index contributed by atoms with van der Waals surface area (Å²) >= 11 is 0. The van der Waals surface area contributed by atoms with Crippen LogP contribution in [0, 0.1) is 13.8 Å². The third-order valence-corrected chi connectivity index (χ3v) is 2.99. The van der Waals surface area contributed by atoms with Crippen LogP contribution in [0.1, 0.15) is 34.7 Å². The molecule has 1 aliphatic rings. The van der Waals surface area contributed by atoms with Crippen molar-refractivity contribution in [2.45, 2.75) is 32.7 Å². The Morgan fingerprint density at radius 2 is 2.24 bits per heavy atom. The lowest BCUT2D eigenvalue weighted by molar-refractivity contribution is 0.0706. The van der Waals surface area contributed by atoms with E-state index in [1.165, 1.54) is 0 Å². The molecule has 2 N–H and O–H groups in total. The van der Waals surface area contributed by atoms with Crippen LogP contribution in [0.3, 0.4) is 0 Å². The highest BCUT2D eigenvalue weighted by Gasteiger charge is 2.26. The third-order valence-electron chi connectivity index (χ3n) is 2.99. The minimum Gasteiger partial charge on any atom is -0.361 e. The number of hydrogen-bond donors (Lipinski definition) is 1. The molecule has 0 aromatic carbocycles. The molecule has 2 rings (SSSR count). The number of nitrogens with two attached hydrogens (primary N) is 1. The van der Waals surface area contributed by atoms with Crippen molar-refractivity contribution < 1.29 is 9.32 Å². The number of aromatic nitrogens is 1. The summed E-state index contributed by atoms with van der Waals surface area (Å²) in [7, 11) is 0. The SMILES string of the molecule is Cc1noc(C)c1C(=O)N1CCCC(N)C1.Cl. The van der Waals surface area contributed by atoms with Crippen LogP contribution in [0.5, 0.6) is 0 Å². The number of carbonyl (C=O) groups excluding carboxylic acids is 1. The Labute approximate surface area is 107 Å². The van der Waals surface area contributed by atoms with Gasteiger partial charge in [-0.25, -0.2) is 0 Å². The number of halogens is 1. The molecule has 2 heterocycles. The Bertz CT molecular complexity index is 386. The average molecular weight is 260 g/mol. The quantitative estimate of drug-likeness (QED) is 0.825. The molecule has 6 heteroatoms. The van der Waals surface area contributed by atoms with Crippen molar-refractivity contribution in [3.05, 3.63) is 17.0 Å². The molecule has 1 aliphatic heterocycles. The molecule has 1 amide bonds. The predicted molar refractivity (Wildman–Crippen MR) is 66.3 cm³/mol. The molecule has 0 radical (unpaired) electrons. The van der Waals surface area contributed by atoms with Gasteiger partial charge in [0, 0.05) is 19.1 Å². The van der Waals surface area contributed by atoms with Crippen LogP contribution in [0.4, 0.5) is 0 Å². The highest BCUT2D eigenvalue weighted by molar-refractivity contribution is 5.96. The van der Waals surface area contributed by atoms with E-state index in [1.54, 1.807) is 18.7 Å². The molecule has 1 saturated heterocycles. The van der Waals surface area contributed by atoms with Crippen LogP contribution in [0.2, 0.25) is 0 Å². The summed E-state index contributed by atoms with van der Waals surface area (Å²) in [6, 6.07) is 0.0955. The molecule has 17 heavy (non-hydrogen) atoms. The molecule has 0 saturated carbocycles. The maximum Gasteiger partial charge on any atom is 0.259 e. The molecule has 0 bridgehead atoms. The third kappa shape index (κ3) is 2.79. The van der Waals surface area contributed by atoms with Gasteiger partial charge in [-0.1, -0.05) is 5.16 Å². The highest BCUT2D eigenvalue weighted by Crippen LogP contribution is 2.18. The van der Waals surface area contributed by atoms with E-state index < -0.39 is 0 Å². The van der Waals surface area contributed by atoms with Crippen molar-refractivity contribution in [3.8, 4) is 0 Å². The largest absolute Gasteiger partial charge is 0.361 e. The lowest BCUT2D eigenvalue weighted by atomic mass is 10.0. The van der Waals surface area contributed by atoms with Gasteiger partial charge in [0.05, 0.1) is 5.69 Å². The van der Waals surface area contributed by atoms with Crippen LogP contribution < -0.4 is 5.73 Å². The lowest BCUT2D eigenvalue weighted by Gasteiger charge is -2.30. The van der Waals surface area contributed by atoms with Crippen LogP contribution in [-0.4, -0.2) is 35.1 Å². The van der Waals surface area contributed by atoms with Crippen molar-refractivity contribution >= 4 is 18.3 Å². The first-order valence-corrected chi connectivity index (χ1v) is 5.57. The Morgan fingerprint density at radius 1 is 1.53 bits per heavy atom. The number of rotatable bonds is 1. The molecule has 1 atom stereocenters. The standard InChI is InChI=1S/C11H17N3O2.ClH/c1-7-10(8(2)16-13-7)11(15)14-5-3-4-9(12)6-14;/h9H,3-6,12H2,1-2H3;1H. The number of likely N-dealkylation sites (tertiary alicyclic amines) is 1.